The molecule has 0 saturated carbocycles. The zero-order valence-electron chi connectivity index (χ0n) is 12.0. The molecule has 0 aliphatic carbocycles. The summed E-state index contributed by atoms with van der Waals surface area (Å²) in [5.74, 6) is 0.555. The molecule has 0 fully saturated rings. The quantitative estimate of drug-likeness (QED) is 0.795. The highest BCUT2D eigenvalue weighted by Gasteiger charge is 2.05. The molecular formula is C17H18O3. The largest absolute Gasteiger partial charge is 0.489 e. The molecule has 0 heterocycles. The second-order valence-electron chi connectivity index (χ2n) is 4.75. The summed E-state index contributed by atoms with van der Waals surface area (Å²) >= 11 is 0. The fourth-order valence-corrected chi connectivity index (χ4v) is 1.98. The van der Waals surface area contributed by atoms with Gasteiger partial charge < -0.3 is 9.47 Å². The van der Waals surface area contributed by atoms with E-state index in [4.69, 9.17) is 4.74 Å². The molecule has 0 N–H and O–H groups in total. The topological polar surface area (TPSA) is 35.5 Å². The number of esters is 1. The molecule has 3 heteroatoms. The van der Waals surface area contributed by atoms with Crippen LogP contribution in [0.15, 0.2) is 42.5 Å². The fourth-order valence-electron chi connectivity index (χ4n) is 1.98. The van der Waals surface area contributed by atoms with Crippen molar-refractivity contribution in [2.45, 2.75) is 20.5 Å². The highest BCUT2D eigenvalue weighted by molar-refractivity contribution is 5.89. The van der Waals surface area contributed by atoms with Gasteiger partial charge in [-0.25, -0.2) is 4.79 Å². The minimum absolute atomic E-state index is 0.327. The maximum atomic E-state index is 11.3. The molecule has 2 rings (SSSR count). The number of ether oxygens (including phenoxy) is 2. The summed E-state index contributed by atoms with van der Waals surface area (Å²) in [7, 11) is 1.37. The summed E-state index contributed by atoms with van der Waals surface area (Å²) < 4.78 is 10.5. The van der Waals surface area contributed by atoms with Crippen molar-refractivity contribution in [2.75, 3.05) is 7.11 Å². The molecule has 0 atom stereocenters. The Balaban J connectivity index is 2.02. The average Bonchev–Trinajstić information content (AvgIpc) is 2.46. The monoisotopic (exact) mass is 270 g/mol. The molecule has 0 aromatic heterocycles. The molecule has 104 valence electrons. The number of carbonyl (C=O) groups is 1. The normalized spacial score (nSPS) is 10.2. The van der Waals surface area contributed by atoms with Crippen LogP contribution in [-0.2, 0) is 11.3 Å². The molecule has 0 spiro atoms. The van der Waals surface area contributed by atoms with E-state index in [2.05, 4.69) is 17.7 Å². The van der Waals surface area contributed by atoms with Crippen molar-refractivity contribution < 1.29 is 14.3 Å². The number of carbonyl (C=O) groups excluding carboxylic acids is 1. The van der Waals surface area contributed by atoms with E-state index in [0.717, 1.165) is 16.9 Å². The lowest BCUT2D eigenvalue weighted by Crippen LogP contribution is -2.02. The maximum Gasteiger partial charge on any atom is 0.337 e. The third-order valence-corrected chi connectivity index (χ3v) is 3.10. The van der Waals surface area contributed by atoms with Crippen LogP contribution in [0.2, 0.25) is 0 Å². The molecule has 0 aliphatic heterocycles. The molecule has 0 unspecified atom stereocenters. The molecule has 2 aromatic rings. The van der Waals surface area contributed by atoms with Crippen LogP contribution < -0.4 is 4.74 Å². The third kappa shape index (κ3) is 3.38. The lowest BCUT2D eigenvalue weighted by Gasteiger charge is -2.10. The number of aryl methyl sites for hydroxylation is 2. The Labute approximate surface area is 119 Å². The van der Waals surface area contributed by atoms with Gasteiger partial charge >= 0.3 is 5.97 Å². The lowest BCUT2D eigenvalue weighted by molar-refractivity contribution is 0.0600. The Morgan fingerprint density at radius 1 is 1.05 bits per heavy atom. The molecule has 0 saturated heterocycles. The van der Waals surface area contributed by atoms with Crippen LogP contribution >= 0.6 is 0 Å². The van der Waals surface area contributed by atoms with Gasteiger partial charge in [-0.1, -0.05) is 29.8 Å². The first kappa shape index (κ1) is 14.1. The lowest BCUT2D eigenvalue weighted by atomic mass is 10.1. The van der Waals surface area contributed by atoms with Gasteiger partial charge in [-0.2, -0.15) is 0 Å². The Kier molecular flexibility index (Phi) is 4.41. The second kappa shape index (κ2) is 6.24. The second-order valence-corrected chi connectivity index (χ2v) is 4.75. The molecule has 20 heavy (non-hydrogen) atoms. The van der Waals surface area contributed by atoms with Crippen molar-refractivity contribution in [3.8, 4) is 5.75 Å². The van der Waals surface area contributed by atoms with E-state index in [1.54, 1.807) is 12.1 Å². The van der Waals surface area contributed by atoms with E-state index in [1.807, 2.05) is 31.2 Å². The van der Waals surface area contributed by atoms with Crippen LogP contribution in [-0.4, -0.2) is 13.1 Å². The van der Waals surface area contributed by atoms with Gasteiger partial charge in [-0.3, -0.25) is 0 Å². The summed E-state index contributed by atoms with van der Waals surface area (Å²) in [5.41, 5.74) is 3.90. The van der Waals surface area contributed by atoms with Crippen LogP contribution in [0.3, 0.4) is 0 Å². The van der Waals surface area contributed by atoms with E-state index in [0.29, 0.717) is 12.2 Å². The van der Waals surface area contributed by atoms with Crippen LogP contribution in [0.4, 0.5) is 0 Å². The van der Waals surface area contributed by atoms with Crippen molar-refractivity contribution in [1.82, 2.24) is 0 Å². The first-order valence-electron chi connectivity index (χ1n) is 6.47. The first-order valence-corrected chi connectivity index (χ1v) is 6.47. The summed E-state index contributed by atoms with van der Waals surface area (Å²) in [6.07, 6.45) is 0. The number of benzene rings is 2. The summed E-state index contributed by atoms with van der Waals surface area (Å²) in [4.78, 5) is 11.3. The molecule has 3 nitrogen and oxygen atoms in total. The Morgan fingerprint density at radius 3 is 2.35 bits per heavy atom. The molecule has 0 amide bonds. The van der Waals surface area contributed by atoms with E-state index >= 15 is 0 Å². The molecule has 0 radical (unpaired) electrons. The van der Waals surface area contributed by atoms with E-state index < -0.39 is 0 Å². The Bertz CT molecular complexity index is 600. The van der Waals surface area contributed by atoms with Crippen LogP contribution in [0.25, 0.3) is 0 Å². The van der Waals surface area contributed by atoms with Crippen molar-refractivity contribution >= 4 is 5.97 Å². The highest BCUT2D eigenvalue weighted by Crippen LogP contribution is 2.20. The van der Waals surface area contributed by atoms with Gasteiger partial charge in [-0.15, -0.1) is 0 Å². The van der Waals surface area contributed by atoms with Crippen LogP contribution in [0.5, 0.6) is 5.75 Å². The Morgan fingerprint density at radius 2 is 1.75 bits per heavy atom. The van der Waals surface area contributed by atoms with E-state index in [-0.39, 0.29) is 5.97 Å². The zero-order chi connectivity index (χ0) is 14.5. The van der Waals surface area contributed by atoms with Crippen LogP contribution in [0.1, 0.15) is 27.0 Å². The number of hydrogen-bond donors (Lipinski definition) is 0. The predicted molar refractivity (Wildman–Crippen MR) is 78.0 cm³/mol. The highest BCUT2D eigenvalue weighted by atomic mass is 16.5. The van der Waals surface area contributed by atoms with Gasteiger partial charge in [0.2, 0.25) is 0 Å². The van der Waals surface area contributed by atoms with E-state index in [1.165, 1.54) is 12.7 Å². The maximum absolute atomic E-state index is 11.3. The van der Waals surface area contributed by atoms with Gasteiger partial charge in [0.1, 0.15) is 12.4 Å². The zero-order valence-corrected chi connectivity index (χ0v) is 12.0. The molecule has 0 bridgehead atoms. The summed E-state index contributed by atoms with van der Waals surface area (Å²) in [5, 5.41) is 0. The van der Waals surface area contributed by atoms with Crippen molar-refractivity contribution in [3.63, 3.8) is 0 Å². The standard InChI is InChI=1S/C17H18O3/c1-12-4-9-16(13(2)10-12)20-11-14-5-7-15(8-6-14)17(18)19-3/h4-10H,11H2,1-3H3. The van der Waals surface area contributed by atoms with Crippen LogP contribution in [0, 0.1) is 13.8 Å². The number of hydrogen-bond acceptors (Lipinski definition) is 3. The number of rotatable bonds is 4. The van der Waals surface area contributed by atoms with Gasteiger partial charge in [0.15, 0.2) is 0 Å². The average molecular weight is 270 g/mol. The third-order valence-electron chi connectivity index (χ3n) is 3.10. The fraction of sp³-hybridized carbons (Fsp3) is 0.235. The van der Waals surface area contributed by atoms with Crippen molar-refractivity contribution in [3.05, 3.63) is 64.7 Å². The molecule has 0 aliphatic rings. The van der Waals surface area contributed by atoms with Crippen molar-refractivity contribution in [2.24, 2.45) is 0 Å². The van der Waals surface area contributed by atoms with Gasteiger partial charge in [0, 0.05) is 0 Å². The number of methoxy groups -OCH3 is 1. The minimum Gasteiger partial charge on any atom is -0.489 e. The van der Waals surface area contributed by atoms with Gasteiger partial charge in [-0.05, 0) is 43.2 Å². The molecular weight excluding hydrogens is 252 g/mol. The first-order chi connectivity index (χ1) is 9.60. The SMILES string of the molecule is COC(=O)c1ccc(COc2ccc(C)cc2C)cc1. The minimum atomic E-state index is -0.327. The molecule has 2 aromatic carbocycles. The summed E-state index contributed by atoms with van der Waals surface area (Å²) in [6, 6.07) is 13.3. The van der Waals surface area contributed by atoms with E-state index in [9.17, 15) is 4.79 Å². The van der Waals surface area contributed by atoms with Gasteiger partial charge in [0.05, 0.1) is 12.7 Å². The van der Waals surface area contributed by atoms with Crippen molar-refractivity contribution in [1.29, 1.82) is 0 Å². The Hall–Kier alpha value is -2.29. The predicted octanol–water partition coefficient (Wildman–Crippen LogP) is 3.67. The summed E-state index contributed by atoms with van der Waals surface area (Å²) in [6.45, 7) is 4.57. The smallest absolute Gasteiger partial charge is 0.337 e. The van der Waals surface area contributed by atoms with Gasteiger partial charge in [0.25, 0.3) is 0 Å².